The highest BCUT2D eigenvalue weighted by atomic mass is 19.4. The summed E-state index contributed by atoms with van der Waals surface area (Å²) >= 11 is 0. The first-order chi connectivity index (χ1) is 15.3. The topological polar surface area (TPSA) is 49.8 Å². The zero-order valence-electron chi connectivity index (χ0n) is 17.7. The fourth-order valence-electron chi connectivity index (χ4n) is 4.26. The number of benzene rings is 2. The summed E-state index contributed by atoms with van der Waals surface area (Å²) in [6.07, 6.45) is -8.81. The highest BCUT2D eigenvalue weighted by Crippen LogP contribution is 2.38. The van der Waals surface area contributed by atoms with E-state index in [-0.39, 0.29) is 24.6 Å². The lowest BCUT2D eigenvalue weighted by Gasteiger charge is -2.38. The van der Waals surface area contributed by atoms with Gasteiger partial charge in [0.1, 0.15) is 5.75 Å². The average molecular weight is 475 g/mol. The Morgan fingerprint density at radius 3 is 2.18 bits per heavy atom. The minimum Gasteiger partial charge on any atom is -0.497 e. The number of halogens is 6. The maximum atomic E-state index is 13.4. The molecule has 1 heterocycles. The lowest BCUT2D eigenvalue weighted by Crippen LogP contribution is -2.40. The van der Waals surface area contributed by atoms with Crippen LogP contribution in [-0.2, 0) is 23.7 Å². The molecular formula is C23H23F6NO3. The quantitative estimate of drug-likeness (QED) is 0.536. The first-order valence-corrected chi connectivity index (χ1v) is 10.2. The van der Waals surface area contributed by atoms with Crippen LogP contribution in [0.15, 0.2) is 42.5 Å². The lowest BCUT2D eigenvalue weighted by molar-refractivity contribution is -0.139. The lowest BCUT2D eigenvalue weighted by atomic mass is 9.82. The van der Waals surface area contributed by atoms with Gasteiger partial charge in [0.2, 0.25) is 0 Å². The SMILES string of the molecule is COc1cc([C@H]2C[C@H](CC(=O)O)CN(Cc3ccc(C(F)(F)F)cc3)C2)cc(C(F)(F)F)c1. The molecule has 10 heteroatoms. The highest BCUT2D eigenvalue weighted by molar-refractivity contribution is 5.67. The number of rotatable bonds is 6. The molecule has 0 amide bonds. The van der Waals surface area contributed by atoms with Gasteiger partial charge in [0, 0.05) is 26.1 Å². The summed E-state index contributed by atoms with van der Waals surface area (Å²) in [4.78, 5) is 13.2. The molecule has 2 aromatic rings. The molecule has 0 saturated carbocycles. The van der Waals surface area contributed by atoms with Crippen molar-refractivity contribution in [2.45, 2.75) is 37.7 Å². The Morgan fingerprint density at radius 1 is 1.00 bits per heavy atom. The van der Waals surface area contributed by atoms with Crippen molar-refractivity contribution < 1.29 is 41.0 Å². The summed E-state index contributed by atoms with van der Waals surface area (Å²) in [6.45, 7) is 0.961. The molecule has 3 rings (SSSR count). The zero-order chi connectivity index (χ0) is 24.4. The van der Waals surface area contributed by atoms with Crippen LogP contribution in [0.5, 0.6) is 5.75 Å². The molecule has 4 nitrogen and oxygen atoms in total. The van der Waals surface area contributed by atoms with Crippen LogP contribution in [0.4, 0.5) is 26.3 Å². The van der Waals surface area contributed by atoms with Crippen molar-refractivity contribution in [3.05, 3.63) is 64.7 Å². The van der Waals surface area contributed by atoms with E-state index in [4.69, 9.17) is 4.74 Å². The summed E-state index contributed by atoms with van der Waals surface area (Å²) in [5.74, 6) is -1.68. The van der Waals surface area contributed by atoms with Gasteiger partial charge in [0.25, 0.3) is 0 Å². The predicted molar refractivity (Wildman–Crippen MR) is 108 cm³/mol. The van der Waals surface area contributed by atoms with E-state index >= 15 is 0 Å². The summed E-state index contributed by atoms with van der Waals surface area (Å²) in [5, 5.41) is 9.24. The van der Waals surface area contributed by atoms with Crippen molar-refractivity contribution in [1.29, 1.82) is 0 Å². The molecule has 180 valence electrons. The van der Waals surface area contributed by atoms with Crippen LogP contribution in [0.2, 0.25) is 0 Å². The number of carboxylic acid groups (broad SMARTS) is 1. The Bertz CT molecular complexity index is 972. The first-order valence-electron chi connectivity index (χ1n) is 10.2. The van der Waals surface area contributed by atoms with Crippen molar-refractivity contribution >= 4 is 5.97 Å². The summed E-state index contributed by atoms with van der Waals surface area (Å²) in [5.41, 5.74) is -0.650. The Labute approximate surface area is 186 Å². The maximum absolute atomic E-state index is 13.4. The fourth-order valence-corrected chi connectivity index (χ4v) is 4.26. The van der Waals surface area contributed by atoms with Crippen LogP contribution in [-0.4, -0.2) is 36.2 Å². The fraction of sp³-hybridized carbons (Fsp3) is 0.435. The Morgan fingerprint density at radius 2 is 1.64 bits per heavy atom. The van der Waals surface area contributed by atoms with Crippen molar-refractivity contribution in [3.8, 4) is 5.75 Å². The monoisotopic (exact) mass is 475 g/mol. The van der Waals surface area contributed by atoms with Gasteiger partial charge in [0.05, 0.1) is 18.2 Å². The molecule has 1 aliphatic rings. The molecule has 0 unspecified atom stereocenters. The van der Waals surface area contributed by atoms with Crippen molar-refractivity contribution in [2.24, 2.45) is 5.92 Å². The van der Waals surface area contributed by atoms with Crippen LogP contribution in [0.1, 0.15) is 41.0 Å². The van der Waals surface area contributed by atoms with Gasteiger partial charge < -0.3 is 9.84 Å². The second-order valence-corrected chi connectivity index (χ2v) is 8.28. The number of aliphatic carboxylic acids is 1. The normalized spacial score (nSPS) is 20.0. The minimum atomic E-state index is -4.57. The second kappa shape index (κ2) is 9.62. The minimum absolute atomic E-state index is 0.0504. The van der Waals surface area contributed by atoms with E-state index in [9.17, 15) is 36.2 Å². The zero-order valence-corrected chi connectivity index (χ0v) is 17.7. The number of carbonyl (C=O) groups is 1. The second-order valence-electron chi connectivity index (χ2n) is 8.28. The molecule has 0 aliphatic carbocycles. The molecule has 0 radical (unpaired) electrons. The number of hydrogen-bond donors (Lipinski definition) is 1. The van der Waals surface area contributed by atoms with E-state index in [1.54, 1.807) is 0 Å². The van der Waals surface area contributed by atoms with Crippen molar-refractivity contribution in [3.63, 3.8) is 0 Å². The molecule has 0 spiro atoms. The van der Waals surface area contributed by atoms with Gasteiger partial charge in [-0.1, -0.05) is 12.1 Å². The van der Waals surface area contributed by atoms with Crippen molar-refractivity contribution in [2.75, 3.05) is 20.2 Å². The van der Waals surface area contributed by atoms with E-state index in [1.807, 2.05) is 4.90 Å². The molecule has 1 fully saturated rings. The number of alkyl halides is 6. The van der Waals surface area contributed by atoms with Crippen molar-refractivity contribution in [1.82, 2.24) is 4.90 Å². The van der Waals surface area contributed by atoms with E-state index in [2.05, 4.69) is 0 Å². The average Bonchev–Trinajstić information content (AvgIpc) is 2.72. The standard InChI is InChI=1S/C23H23F6NO3/c1-33-20-9-16(8-19(10-20)23(27,28)29)17-6-15(7-21(31)32)12-30(13-17)11-14-2-4-18(5-3-14)22(24,25)26/h2-5,8-10,15,17H,6-7,11-13H2,1H3,(H,31,32)/t15-,17+/m1/s1. The van der Waals surface area contributed by atoms with Gasteiger partial charge in [-0.05, 0) is 59.7 Å². The van der Waals surface area contributed by atoms with Gasteiger partial charge in [-0.15, -0.1) is 0 Å². The molecule has 2 atom stereocenters. The molecular weight excluding hydrogens is 452 g/mol. The van der Waals surface area contributed by atoms with Crippen LogP contribution < -0.4 is 4.74 Å². The summed E-state index contributed by atoms with van der Waals surface area (Å²) in [7, 11) is 1.27. The number of nitrogens with zero attached hydrogens (tertiary/aromatic N) is 1. The number of carboxylic acids is 1. The van der Waals surface area contributed by atoms with Gasteiger partial charge in [0.15, 0.2) is 0 Å². The highest BCUT2D eigenvalue weighted by Gasteiger charge is 2.35. The maximum Gasteiger partial charge on any atom is 0.416 e. The van der Waals surface area contributed by atoms with Gasteiger partial charge >= 0.3 is 18.3 Å². The van der Waals surface area contributed by atoms with E-state index in [0.717, 1.165) is 24.3 Å². The molecule has 33 heavy (non-hydrogen) atoms. The number of likely N-dealkylation sites (tertiary alicyclic amines) is 1. The van der Waals surface area contributed by atoms with Crippen LogP contribution in [0, 0.1) is 5.92 Å². The largest absolute Gasteiger partial charge is 0.497 e. The third-order valence-electron chi connectivity index (χ3n) is 5.73. The van der Waals surface area contributed by atoms with Crippen LogP contribution >= 0.6 is 0 Å². The molecule has 1 N–H and O–H groups in total. The molecule has 0 bridgehead atoms. The smallest absolute Gasteiger partial charge is 0.416 e. The van der Waals surface area contributed by atoms with Gasteiger partial charge in [-0.25, -0.2) is 0 Å². The summed E-state index contributed by atoms with van der Waals surface area (Å²) < 4.78 is 83.5. The molecule has 1 aliphatic heterocycles. The number of methoxy groups -OCH3 is 1. The molecule has 2 aromatic carbocycles. The number of hydrogen-bond acceptors (Lipinski definition) is 3. The van der Waals surface area contributed by atoms with E-state index < -0.39 is 35.4 Å². The summed E-state index contributed by atoms with van der Waals surface area (Å²) in [6, 6.07) is 8.12. The van der Waals surface area contributed by atoms with Crippen LogP contribution in [0.25, 0.3) is 0 Å². The molecule has 0 aromatic heterocycles. The third-order valence-corrected chi connectivity index (χ3v) is 5.73. The van der Waals surface area contributed by atoms with E-state index in [1.165, 1.54) is 25.3 Å². The number of ether oxygens (including phenoxy) is 1. The Kier molecular flexibility index (Phi) is 7.26. The Balaban J connectivity index is 1.86. The van der Waals surface area contributed by atoms with Crippen LogP contribution in [0.3, 0.4) is 0 Å². The first kappa shape index (κ1) is 24.9. The van der Waals surface area contributed by atoms with Gasteiger partial charge in [-0.3, -0.25) is 9.69 Å². The third kappa shape index (κ3) is 6.63. The Hall–Kier alpha value is -2.75. The number of piperidine rings is 1. The van der Waals surface area contributed by atoms with E-state index in [0.29, 0.717) is 30.6 Å². The van der Waals surface area contributed by atoms with Gasteiger partial charge in [-0.2, -0.15) is 26.3 Å². The molecule has 1 saturated heterocycles. The predicted octanol–water partition coefficient (Wildman–Crippen LogP) is 5.81.